The van der Waals surface area contributed by atoms with E-state index in [0.717, 1.165) is 44.8 Å². The Balaban J connectivity index is 1.14. The van der Waals surface area contributed by atoms with Crippen molar-refractivity contribution in [1.82, 2.24) is 34.6 Å². The molecule has 16 heteroatoms. The molecule has 0 aliphatic carbocycles. The number of halogens is 2. The number of hydrogen-bond donors (Lipinski definition) is 1. The summed E-state index contributed by atoms with van der Waals surface area (Å²) in [6.45, 7) is 6.03. The summed E-state index contributed by atoms with van der Waals surface area (Å²) in [7, 11) is 3.42. The smallest absolute Gasteiger partial charge is 0.345 e. The predicted octanol–water partition coefficient (Wildman–Crippen LogP) is 8.34. The zero-order chi connectivity index (χ0) is 45.2. The van der Waals surface area contributed by atoms with Crippen LogP contribution in [0.25, 0.3) is 43.2 Å². The van der Waals surface area contributed by atoms with Crippen LogP contribution in [0.3, 0.4) is 0 Å². The van der Waals surface area contributed by atoms with E-state index in [0.29, 0.717) is 88.7 Å². The van der Waals surface area contributed by atoms with Crippen molar-refractivity contribution in [3.8, 4) is 50.3 Å². The van der Waals surface area contributed by atoms with Crippen LogP contribution in [0.2, 0.25) is 5.02 Å². The molecular formula is C49H45ClFN7O6S. The number of aliphatic carboxylic acids is 1. The van der Waals surface area contributed by atoms with Crippen molar-refractivity contribution in [3.05, 3.63) is 136 Å². The van der Waals surface area contributed by atoms with Crippen molar-refractivity contribution in [2.75, 3.05) is 46.9 Å². The highest BCUT2D eigenvalue weighted by Crippen LogP contribution is 2.49. The van der Waals surface area contributed by atoms with Gasteiger partial charge in [-0.3, -0.25) is 14.6 Å². The number of carboxylic acid groups (broad SMARTS) is 1. The molecule has 1 amide bonds. The second-order valence-electron chi connectivity index (χ2n) is 16.1. The van der Waals surface area contributed by atoms with Crippen LogP contribution in [0.4, 0.5) is 4.39 Å². The number of fused-ring (bicyclic) bond motifs is 6. The second kappa shape index (κ2) is 18.9. The first-order valence-corrected chi connectivity index (χ1v) is 22.3. The van der Waals surface area contributed by atoms with Gasteiger partial charge in [0.25, 0.3) is 0 Å². The Bertz CT molecular complexity index is 2920. The van der Waals surface area contributed by atoms with Gasteiger partial charge in [-0.05, 0) is 76.7 Å². The molecule has 0 unspecified atom stereocenters. The van der Waals surface area contributed by atoms with E-state index in [1.54, 1.807) is 36.4 Å². The van der Waals surface area contributed by atoms with Crippen molar-refractivity contribution in [2.24, 2.45) is 0 Å². The summed E-state index contributed by atoms with van der Waals surface area (Å²) in [5.41, 5.74) is 6.79. The second-order valence-corrected chi connectivity index (χ2v) is 17.5. The number of benzene rings is 4. The van der Waals surface area contributed by atoms with Crippen LogP contribution in [0.15, 0.2) is 97.5 Å². The number of likely N-dealkylation sites (N-methyl/N-ethyl adjacent to an activating group) is 1. The number of piperazine rings is 1. The number of rotatable bonds is 10. The average molecular weight is 914 g/mol. The van der Waals surface area contributed by atoms with Gasteiger partial charge in [-0.2, -0.15) is 0 Å². The van der Waals surface area contributed by atoms with Gasteiger partial charge in [0.05, 0.1) is 30.3 Å². The Hall–Kier alpha value is -6.52. The standard InChI is InChI=1S/C49H45ClFN7O6S/c1-29-36-14-11-32(44(29)50)25-58(21-20-57-19-18-56(2)41(59)26-57)24-30-8-15-38(63-27-35-16-17-52-46(55-35)37-6-4-5-7-39(37)62-3)33(22-30)23-40(49(60)61)64-47-43-42(36)45(65-48(43)54-28-53-47)31-9-12-34(51)13-10-31/h4-17,22,28,40H,18-21,23-27H2,1-3H3,(H,60,61)/t40-/m1/s1. The van der Waals surface area contributed by atoms with Gasteiger partial charge >= 0.3 is 5.97 Å². The molecule has 0 spiro atoms. The first-order chi connectivity index (χ1) is 31.5. The van der Waals surface area contributed by atoms with Crippen molar-refractivity contribution in [3.63, 3.8) is 0 Å². The third-order valence-electron chi connectivity index (χ3n) is 11.9. The van der Waals surface area contributed by atoms with Crippen molar-refractivity contribution < 1.29 is 33.3 Å². The van der Waals surface area contributed by atoms with Crippen LogP contribution in [0.1, 0.15) is 27.9 Å². The van der Waals surface area contributed by atoms with Crippen LogP contribution < -0.4 is 14.2 Å². The van der Waals surface area contributed by atoms with Crippen LogP contribution in [0, 0.1) is 12.7 Å². The highest BCUT2D eigenvalue weighted by Gasteiger charge is 2.30. The van der Waals surface area contributed by atoms with Crippen molar-refractivity contribution >= 4 is 45.0 Å². The normalized spacial score (nSPS) is 15.9. The van der Waals surface area contributed by atoms with Gasteiger partial charge < -0.3 is 24.2 Å². The first kappa shape index (κ1) is 43.7. The molecule has 7 aromatic rings. The van der Waals surface area contributed by atoms with E-state index in [9.17, 15) is 19.1 Å². The Morgan fingerprint density at radius 3 is 2.54 bits per heavy atom. The van der Waals surface area contributed by atoms with Gasteiger partial charge in [0.2, 0.25) is 17.9 Å². The van der Waals surface area contributed by atoms with Gasteiger partial charge in [-0.15, -0.1) is 11.3 Å². The first-order valence-electron chi connectivity index (χ1n) is 21.1. The number of carboxylic acids is 1. The number of amides is 1. The third-order valence-corrected chi connectivity index (χ3v) is 13.5. The summed E-state index contributed by atoms with van der Waals surface area (Å²) in [6, 6.07) is 25.3. The fourth-order valence-corrected chi connectivity index (χ4v) is 9.70. The number of thiophene rings is 1. The SMILES string of the molecule is COc1ccccc1-c1nccc(COc2ccc3cc2C[C@H](C(=O)O)Oc2ncnc4sc(-c5ccc(F)cc5)c(c24)-c2ccc(c(Cl)c2C)CN(CCN2CCN(C)C(=O)C2)C3)n1. The lowest BCUT2D eigenvalue weighted by atomic mass is 9.94. The van der Waals surface area contributed by atoms with Gasteiger partial charge in [-0.25, -0.2) is 29.1 Å². The molecule has 65 heavy (non-hydrogen) atoms. The molecule has 3 aromatic heterocycles. The lowest BCUT2D eigenvalue weighted by molar-refractivity contribution is -0.145. The number of aromatic nitrogens is 4. The molecular weight excluding hydrogens is 869 g/mol. The molecule has 1 atom stereocenters. The van der Waals surface area contributed by atoms with E-state index in [2.05, 4.69) is 24.8 Å². The molecule has 1 N–H and O–H groups in total. The quantitative estimate of drug-likeness (QED) is 0.141. The zero-order valence-electron chi connectivity index (χ0n) is 36.0. The maximum Gasteiger partial charge on any atom is 0.345 e. The number of para-hydroxylation sites is 1. The predicted molar refractivity (Wildman–Crippen MR) is 247 cm³/mol. The summed E-state index contributed by atoms with van der Waals surface area (Å²) < 4.78 is 32.8. The van der Waals surface area contributed by atoms with Crippen LogP contribution in [-0.2, 0) is 35.7 Å². The summed E-state index contributed by atoms with van der Waals surface area (Å²) in [4.78, 5) is 51.9. The maximum atomic E-state index is 14.3. The molecule has 0 saturated carbocycles. The summed E-state index contributed by atoms with van der Waals surface area (Å²) in [5.74, 6) is 0.169. The van der Waals surface area contributed by atoms with E-state index in [4.69, 9.17) is 30.8 Å². The molecule has 0 radical (unpaired) electrons. The zero-order valence-corrected chi connectivity index (χ0v) is 37.5. The lowest BCUT2D eigenvalue weighted by Crippen LogP contribution is -2.50. The molecule has 4 bridgehead atoms. The topological polar surface area (TPSA) is 143 Å². The largest absolute Gasteiger partial charge is 0.496 e. The molecule has 332 valence electrons. The number of methoxy groups -OCH3 is 1. The van der Waals surface area contributed by atoms with Crippen LogP contribution >= 0.6 is 22.9 Å². The van der Waals surface area contributed by atoms with E-state index in [1.807, 2.05) is 68.6 Å². The minimum atomic E-state index is -1.41. The van der Waals surface area contributed by atoms with E-state index in [1.165, 1.54) is 29.8 Å². The van der Waals surface area contributed by atoms with Crippen LogP contribution in [0.5, 0.6) is 17.4 Å². The molecule has 1 fully saturated rings. The number of carbonyl (C=O) groups excluding carboxylic acids is 1. The van der Waals surface area contributed by atoms with E-state index < -0.39 is 12.1 Å². The van der Waals surface area contributed by atoms with Crippen molar-refractivity contribution in [2.45, 2.75) is 39.1 Å². The minimum absolute atomic E-state index is 0.0654. The number of nitrogens with zero attached hydrogens (tertiary/aromatic N) is 7. The number of hydrogen-bond acceptors (Lipinski definition) is 12. The van der Waals surface area contributed by atoms with Gasteiger partial charge in [-0.1, -0.05) is 60.1 Å². The Labute approximate surface area is 384 Å². The van der Waals surface area contributed by atoms with E-state index in [-0.39, 0.29) is 30.6 Å². The third kappa shape index (κ3) is 9.36. The van der Waals surface area contributed by atoms with E-state index >= 15 is 0 Å². The molecule has 4 aromatic carbocycles. The fourth-order valence-electron chi connectivity index (χ4n) is 8.32. The van der Waals surface area contributed by atoms with Crippen LogP contribution in [-0.4, -0.2) is 105 Å². The number of carbonyl (C=O) groups is 2. The number of ether oxygens (including phenoxy) is 3. The highest BCUT2D eigenvalue weighted by molar-refractivity contribution is 7.22. The molecule has 6 heterocycles. The summed E-state index contributed by atoms with van der Waals surface area (Å²) in [6.07, 6.45) is 1.54. The monoisotopic (exact) mass is 913 g/mol. The summed E-state index contributed by atoms with van der Waals surface area (Å²) in [5, 5.41) is 11.9. The van der Waals surface area contributed by atoms with Gasteiger partial charge in [0.15, 0.2) is 5.82 Å². The van der Waals surface area contributed by atoms with Gasteiger partial charge in [0, 0.05) is 74.4 Å². The molecule has 3 aliphatic rings. The summed E-state index contributed by atoms with van der Waals surface area (Å²) >= 11 is 8.73. The molecule has 3 aliphatic heterocycles. The molecule has 13 nitrogen and oxygen atoms in total. The fraction of sp³-hybridized carbons (Fsp3) is 0.265. The van der Waals surface area contributed by atoms with Crippen molar-refractivity contribution in [1.29, 1.82) is 0 Å². The highest BCUT2D eigenvalue weighted by atomic mass is 35.5. The Morgan fingerprint density at radius 1 is 0.923 bits per heavy atom. The average Bonchev–Trinajstić information content (AvgIpc) is 3.70. The molecule has 10 rings (SSSR count). The lowest BCUT2D eigenvalue weighted by Gasteiger charge is -2.33. The maximum absolute atomic E-state index is 14.3. The molecule has 1 saturated heterocycles. The van der Waals surface area contributed by atoms with Gasteiger partial charge in [0.1, 0.15) is 35.1 Å². The minimum Gasteiger partial charge on any atom is -0.496 e. The Morgan fingerprint density at radius 2 is 1.74 bits per heavy atom. The Kier molecular flexibility index (Phi) is 12.7.